The number of hydrogen-bond acceptors (Lipinski definition) is 9. The number of nitrogens with zero attached hydrogens (tertiary/aromatic N) is 1. The van der Waals surface area contributed by atoms with Crippen molar-refractivity contribution in [3.05, 3.63) is 0 Å². The maximum atomic E-state index is 14.4. The molecule has 0 heterocycles. The number of aliphatic hydroxyl groups excluding tert-OH is 1. The number of halogens is 15. The first kappa shape index (κ1) is 47.6. The maximum Gasteiger partial charge on any atom is 0.460 e. The summed E-state index contributed by atoms with van der Waals surface area (Å²) in [4.78, 5) is 0. The molecule has 0 aliphatic rings. The van der Waals surface area contributed by atoms with Crippen molar-refractivity contribution in [2.45, 2.75) is 48.0 Å². The first-order valence-corrected chi connectivity index (χ1v) is 15.1. The van der Waals surface area contributed by atoms with Crippen molar-refractivity contribution in [1.82, 2.24) is 4.31 Å². The Kier molecular flexibility index (Phi) is 18.9. The predicted molar refractivity (Wildman–Crippen MR) is 134 cm³/mol. The van der Waals surface area contributed by atoms with Crippen LogP contribution in [0.5, 0.6) is 0 Å². The lowest BCUT2D eigenvalue weighted by molar-refractivity contribution is -0.447. The first-order chi connectivity index (χ1) is 22.3. The number of hydrogen-bond donors (Lipinski definition) is 1. The molecule has 296 valence electrons. The monoisotopic (exact) mass is 785 g/mol. The highest BCUT2D eigenvalue weighted by atomic mass is 32.2. The van der Waals surface area contributed by atoms with Crippen molar-refractivity contribution >= 4 is 10.0 Å². The summed E-state index contributed by atoms with van der Waals surface area (Å²) < 4.78 is 255. The molecular formula is C23H34F15NO9S. The van der Waals surface area contributed by atoms with E-state index in [1.165, 1.54) is 0 Å². The van der Waals surface area contributed by atoms with Gasteiger partial charge in [0.15, 0.2) is 0 Å². The predicted octanol–water partition coefficient (Wildman–Crippen LogP) is 4.06. The zero-order valence-electron chi connectivity index (χ0n) is 25.3. The van der Waals surface area contributed by atoms with E-state index < -0.39 is 81.7 Å². The van der Waals surface area contributed by atoms with Gasteiger partial charge in [-0.05, 0) is 0 Å². The highest BCUT2D eigenvalue weighted by Gasteiger charge is 2.94. The number of alkyl halides is 15. The summed E-state index contributed by atoms with van der Waals surface area (Å²) in [5.41, 5.74) is 0. The van der Waals surface area contributed by atoms with Crippen LogP contribution in [0.3, 0.4) is 0 Å². The average Bonchev–Trinajstić information content (AvgIpc) is 2.98. The van der Waals surface area contributed by atoms with Gasteiger partial charge >= 0.3 is 41.0 Å². The summed E-state index contributed by atoms with van der Waals surface area (Å²) in [7, 11) is -7.26. The minimum absolute atomic E-state index is 0.0378. The van der Waals surface area contributed by atoms with Gasteiger partial charge in [-0.2, -0.15) is 70.2 Å². The molecule has 26 heteroatoms. The molecule has 0 spiro atoms. The van der Waals surface area contributed by atoms with Gasteiger partial charge in [-0.25, -0.2) is 8.42 Å². The van der Waals surface area contributed by atoms with E-state index in [0.717, 1.165) is 0 Å². The van der Waals surface area contributed by atoms with Crippen LogP contribution < -0.4 is 0 Å². The van der Waals surface area contributed by atoms with Gasteiger partial charge in [-0.1, -0.05) is 6.92 Å². The van der Waals surface area contributed by atoms with Crippen molar-refractivity contribution in [2.75, 3.05) is 99.0 Å². The zero-order chi connectivity index (χ0) is 38.4. The number of likely N-dealkylation sites (N-methyl/N-ethyl adjacent to an activating group) is 1. The highest BCUT2D eigenvalue weighted by molar-refractivity contribution is 7.90. The van der Waals surface area contributed by atoms with Crippen LogP contribution in [0.2, 0.25) is 0 Å². The normalized spacial score (nSPS) is 14.7. The maximum absolute atomic E-state index is 14.4. The van der Waals surface area contributed by atoms with E-state index in [-0.39, 0.29) is 59.5 Å². The van der Waals surface area contributed by atoms with Gasteiger partial charge in [0.25, 0.3) is 10.0 Å². The van der Waals surface area contributed by atoms with E-state index in [4.69, 9.17) is 33.5 Å². The molecule has 0 aliphatic carbocycles. The molecule has 1 N–H and O–H groups in total. The van der Waals surface area contributed by atoms with Crippen LogP contribution >= 0.6 is 0 Å². The van der Waals surface area contributed by atoms with Gasteiger partial charge in [-0.15, -0.1) is 0 Å². The molecule has 0 bridgehead atoms. The molecule has 0 aromatic heterocycles. The molecule has 0 aromatic rings. The van der Waals surface area contributed by atoms with Crippen molar-refractivity contribution < 1.29 is 108 Å². The third-order valence-corrected chi connectivity index (χ3v) is 7.92. The third kappa shape index (κ3) is 11.3. The van der Waals surface area contributed by atoms with Gasteiger partial charge in [0.1, 0.15) is 0 Å². The summed E-state index contributed by atoms with van der Waals surface area (Å²) in [6, 6.07) is 0. The zero-order valence-corrected chi connectivity index (χ0v) is 26.2. The Morgan fingerprint density at radius 3 is 1.06 bits per heavy atom. The van der Waals surface area contributed by atoms with E-state index in [9.17, 15) is 74.3 Å². The van der Waals surface area contributed by atoms with E-state index in [0.29, 0.717) is 20.1 Å². The fourth-order valence-corrected chi connectivity index (χ4v) is 4.59. The minimum atomic E-state index is -8.60. The quantitative estimate of drug-likeness (QED) is 0.0928. The second kappa shape index (κ2) is 19.4. The van der Waals surface area contributed by atoms with Crippen LogP contribution in [-0.4, -0.2) is 158 Å². The smallest absolute Gasteiger partial charge is 0.394 e. The van der Waals surface area contributed by atoms with Crippen molar-refractivity contribution in [2.24, 2.45) is 0 Å². The summed E-state index contributed by atoms with van der Waals surface area (Å²) in [5, 5.41) is 1.04. The summed E-state index contributed by atoms with van der Waals surface area (Å²) in [5.74, 6) is -42.0. The van der Waals surface area contributed by atoms with Crippen LogP contribution in [0, 0.1) is 0 Å². The Balaban J connectivity index is 4.90. The van der Waals surface area contributed by atoms with Crippen LogP contribution in [0.4, 0.5) is 65.9 Å². The van der Waals surface area contributed by atoms with Crippen molar-refractivity contribution in [3.8, 4) is 0 Å². The fraction of sp³-hybridized carbons (Fsp3) is 1.00. The van der Waals surface area contributed by atoms with Crippen LogP contribution in [0.15, 0.2) is 0 Å². The Morgan fingerprint density at radius 2 is 0.755 bits per heavy atom. The Hall–Kier alpha value is -1.42. The first-order valence-electron chi connectivity index (χ1n) is 13.7. The number of ether oxygens (including phenoxy) is 6. The van der Waals surface area contributed by atoms with Crippen molar-refractivity contribution in [3.63, 3.8) is 0 Å². The molecule has 0 unspecified atom stereocenters. The van der Waals surface area contributed by atoms with Gasteiger partial charge in [0.2, 0.25) is 0 Å². The van der Waals surface area contributed by atoms with E-state index in [1.54, 1.807) is 0 Å². The summed E-state index contributed by atoms with van der Waals surface area (Å²) in [6.45, 7) is -2.13. The molecule has 0 aliphatic heterocycles. The molecule has 0 radical (unpaired) electrons. The topological polar surface area (TPSA) is 113 Å². The Morgan fingerprint density at radius 1 is 0.469 bits per heavy atom. The molecule has 0 saturated carbocycles. The van der Waals surface area contributed by atoms with Gasteiger partial charge < -0.3 is 33.5 Å². The second-order valence-electron chi connectivity index (χ2n) is 9.28. The molecule has 0 amide bonds. The molecule has 0 atom stereocenters. The fourth-order valence-electron chi connectivity index (χ4n) is 3.16. The minimum Gasteiger partial charge on any atom is -0.394 e. The lowest BCUT2D eigenvalue weighted by Crippen LogP contribution is -2.73. The van der Waals surface area contributed by atoms with E-state index >= 15 is 0 Å². The largest absolute Gasteiger partial charge is 0.460 e. The molecule has 0 rings (SSSR count). The molecular weight excluding hydrogens is 751 g/mol. The van der Waals surface area contributed by atoms with Gasteiger partial charge in [-0.3, -0.25) is 0 Å². The number of rotatable bonds is 28. The van der Waals surface area contributed by atoms with E-state index in [2.05, 4.69) is 0 Å². The molecule has 10 nitrogen and oxygen atoms in total. The molecule has 0 fully saturated rings. The summed E-state index contributed by atoms with van der Waals surface area (Å²) >= 11 is 0. The molecule has 49 heavy (non-hydrogen) atoms. The number of aliphatic hydroxyl groups is 1. The van der Waals surface area contributed by atoms with Crippen LogP contribution in [0.1, 0.15) is 6.92 Å². The average molecular weight is 786 g/mol. The van der Waals surface area contributed by atoms with Gasteiger partial charge in [0, 0.05) is 13.1 Å². The number of sulfonamides is 1. The second-order valence-corrected chi connectivity index (χ2v) is 11.3. The third-order valence-electron chi connectivity index (χ3n) is 5.90. The van der Waals surface area contributed by atoms with Crippen LogP contribution in [0.25, 0.3) is 0 Å². The Bertz CT molecular complexity index is 1050. The highest BCUT2D eigenvalue weighted by Crippen LogP contribution is 2.63. The lowest BCUT2D eigenvalue weighted by atomic mass is 9.94. The summed E-state index contributed by atoms with van der Waals surface area (Å²) in [6.07, 6.45) is -7.78. The standard InChI is InChI=1S/C23H34F15NO9S/c1-2-39(3-5-43-7-9-45-11-13-47-15-16-48-14-12-46-10-8-44-6-4-40)49(41,42)23(37,38)21(32,33)19(28,29)17(24,25)18(26,27)20(30,31)22(34,35)36/h40H,2-16H2,1H3. The Labute approximate surface area is 269 Å². The van der Waals surface area contributed by atoms with E-state index in [1.807, 2.05) is 0 Å². The molecule has 0 aromatic carbocycles. The molecule has 0 saturated heterocycles. The SMILES string of the molecule is CCN(CCOCCOCCOCCOCCOCCOCCO)S(=O)(=O)C(F)(F)C(F)(F)C(F)(F)C(F)(F)C(F)(F)C(F)(F)C(F)(F)F. The van der Waals surface area contributed by atoms with Gasteiger partial charge in [0.05, 0.1) is 85.9 Å². The van der Waals surface area contributed by atoms with Crippen molar-refractivity contribution in [1.29, 1.82) is 0 Å². The van der Waals surface area contributed by atoms with Crippen LogP contribution in [-0.2, 0) is 38.4 Å². The lowest BCUT2D eigenvalue weighted by Gasteiger charge is -2.41.